The van der Waals surface area contributed by atoms with Crippen molar-refractivity contribution in [2.24, 2.45) is 0 Å². The average molecular weight is 405 g/mol. The summed E-state index contributed by atoms with van der Waals surface area (Å²) in [4.78, 5) is 6.40. The Morgan fingerprint density at radius 2 is 1.65 bits per heavy atom. The third-order valence-corrected chi connectivity index (χ3v) is 6.92. The number of hydrogen-bond donors (Lipinski definition) is 1. The summed E-state index contributed by atoms with van der Waals surface area (Å²) in [5, 5.41) is 1.34. The lowest BCUT2D eigenvalue weighted by Gasteiger charge is -2.44. The molecule has 3 heterocycles. The first-order chi connectivity index (χ1) is 15.4. The first kappa shape index (κ1) is 18.5. The molecule has 2 aliphatic rings. The number of fused-ring (bicyclic) bond motifs is 10. The number of hydrogen-bond acceptors (Lipinski definition) is 1. The first-order valence-electron chi connectivity index (χ1n) is 11.7. The van der Waals surface area contributed by atoms with E-state index < -0.39 is 0 Å². The van der Waals surface area contributed by atoms with E-state index in [0.717, 1.165) is 6.42 Å². The van der Waals surface area contributed by atoms with E-state index in [4.69, 9.17) is 0 Å². The Kier molecular flexibility index (Phi) is 4.45. The van der Waals surface area contributed by atoms with Gasteiger partial charge in [0.05, 0.1) is 17.4 Å². The summed E-state index contributed by atoms with van der Waals surface area (Å²) in [5.74, 6) is 0. The summed E-state index contributed by atoms with van der Waals surface area (Å²) in [6, 6.07) is 26.9. The van der Waals surface area contributed by atoms with Gasteiger partial charge in [-0.25, -0.2) is 0 Å². The molecule has 6 rings (SSSR count). The van der Waals surface area contributed by atoms with Crippen molar-refractivity contribution in [2.75, 3.05) is 4.90 Å². The minimum Gasteiger partial charge on any atom is -0.354 e. The van der Waals surface area contributed by atoms with Crippen LogP contribution in [0.2, 0.25) is 0 Å². The van der Waals surface area contributed by atoms with Crippen LogP contribution >= 0.6 is 0 Å². The van der Waals surface area contributed by atoms with Crippen LogP contribution in [0.25, 0.3) is 28.2 Å². The molecule has 3 aromatic carbocycles. The molecule has 0 amide bonds. The highest BCUT2D eigenvalue weighted by Crippen LogP contribution is 2.53. The van der Waals surface area contributed by atoms with E-state index in [1.807, 2.05) is 0 Å². The monoisotopic (exact) mass is 404 g/mol. The Morgan fingerprint density at radius 1 is 0.839 bits per heavy atom. The summed E-state index contributed by atoms with van der Waals surface area (Å²) in [6.45, 7) is 2.28. The number of allylic oxidation sites excluding steroid dienone is 1. The van der Waals surface area contributed by atoms with Crippen molar-refractivity contribution in [3.05, 3.63) is 95.2 Å². The van der Waals surface area contributed by atoms with Crippen LogP contribution in [0.4, 0.5) is 5.69 Å². The van der Waals surface area contributed by atoms with Crippen molar-refractivity contribution in [3.8, 4) is 11.3 Å². The van der Waals surface area contributed by atoms with Crippen molar-refractivity contribution in [2.45, 2.75) is 45.1 Å². The molecule has 154 valence electrons. The number of rotatable bonds is 5. The van der Waals surface area contributed by atoms with Gasteiger partial charge in [-0.2, -0.15) is 0 Å². The maximum atomic E-state index is 3.76. The van der Waals surface area contributed by atoms with Gasteiger partial charge < -0.3 is 9.88 Å². The molecule has 1 N–H and O–H groups in total. The van der Waals surface area contributed by atoms with Crippen LogP contribution in [0.5, 0.6) is 0 Å². The Balaban J connectivity index is 1.59. The fraction of sp³-hybridized carbons (Fsp3) is 0.241. The fourth-order valence-electron chi connectivity index (χ4n) is 5.50. The molecular weight excluding hydrogens is 376 g/mol. The fourth-order valence-corrected chi connectivity index (χ4v) is 5.50. The lowest BCUT2D eigenvalue weighted by atomic mass is 9.82. The third-order valence-electron chi connectivity index (χ3n) is 6.92. The van der Waals surface area contributed by atoms with E-state index in [1.165, 1.54) is 75.9 Å². The van der Waals surface area contributed by atoms with Crippen LogP contribution in [0.3, 0.4) is 0 Å². The van der Waals surface area contributed by atoms with Gasteiger partial charge in [-0.3, -0.25) is 0 Å². The maximum absolute atomic E-state index is 3.76. The zero-order valence-corrected chi connectivity index (χ0v) is 18.1. The molecule has 0 radical (unpaired) electrons. The molecule has 4 aromatic rings. The normalized spacial score (nSPS) is 16.4. The predicted octanol–water partition coefficient (Wildman–Crippen LogP) is 8.07. The molecule has 0 fully saturated rings. The summed E-state index contributed by atoms with van der Waals surface area (Å²) >= 11 is 0. The van der Waals surface area contributed by atoms with Crippen molar-refractivity contribution in [3.63, 3.8) is 0 Å². The number of H-pyrrole nitrogens is 1. The number of aromatic nitrogens is 1. The van der Waals surface area contributed by atoms with Crippen LogP contribution in [0.1, 0.15) is 61.8 Å². The Morgan fingerprint density at radius 3 is 2.58 bits per heavy atom. The van der Waals surface area contributed by atoms with Crippen molar-refractivity contribution >= 4 is 22.7 Å². The molecule has 2 heteroatoms. The van der Waals surface area contributed by atoms with Gasteiger partial charge in [-0.15, -0.1) is 0 Å². The lowest BCUT2D eigenvalue weighted by molar-refractivity contribution is 0.641. The maximum Gasteiger partial charge on any atom is 0.0874 e. The standard InChI is InChI=1S/C29H28N2/c1-2-3-4-5-13-21-19-20-12-6-7-14-22(20)29-27-23-15-8-10-17-25(23)30-28(27)24-16-9-11-18-26(24)31(21)29/h6-12,14-19,29-30H,2-5,13H2,1H3. The van der Waals surface area contributed by atoms with Crippen LogP contribution in [0, 0.1) is 0 Å². The van der Waals surface area contributed by atoms with E-state index in [2.05, 4.69) is 95.7 Å². The SMILES string of the molecule is CCCCCCC1=Cc2ccccc2C2c3c([nH]c4ccccc34)-c3ccccc3N12. The van der Waals surface area contributed by atoms with Gasteiger partial charge in [0.15, 0.2) is 0 Å². The van der Waals surface area contributed by atoms with Crippen LogP contribution < -0.4 is 4.90 Å². The number of benzene rings is 3. The van der Waals surface area contributed by atoms with Gasteiger partial charge in [-0.05, 0) is 42.2 Å². The van der Waals surface area contributed by atoms with E-state index in [1.54, 1.807) is 0 Å². The highest BCUT2D eigenvalue weighted by Gasteiger charge is 2.39. The van der Waals surface area contributed by atoms with Crippen LogP contribution in [-0.2, 0) is 0 Å². The molecule has 1 unspecified atom stereocenters. The molecule has 1 atom stereocenters. The van der Waals surface area contributed by atoms with E-state index in [-0.39, 0.29) is 6.04 Å². The van der Waals surface area contributed by atoms with Gasteiger partial charge in [0, 0.05) is 27.7 Å². The van der Waals surface area contributed by atoms with E-state index in [9.17, 15) is 0 Å². The molecule has 31 heavy (non-hydrogen) atoms. The van der Waals surface area contributed by atoms with Crippen molar-refractivity contribution in [1.29, 1.82) is 0 Å². The average Bonchev–Trinajstić information content (AvgIpc) is 3.21. The van der Waals surface area contributed by atoms with Gasteiger partial charge >= 0.3 is 0 Å². The highest BCUT2D eigenvalue weighted by atomic mass is 15.2. The second-order valence-corrected chi connectivity index (χ2v) is 8.82. The lowest BCUT2D eigenvalue weighted by Crippen LogP contribution is -2.34. The van der Waals surface area contributed by atoms with Gasteiger partial charge in [-0.1, -0.05) is 86.8 Å². The van der Waals surface area contributed by atoms with Crippen LogP contribution in [-0.4, -0.2) is 4.98 Å². The highest BCUT2D eigenvalue weighted by molar-refractivity contribution is 5.99. The van der Waals surface area contributed by atoms with Crippen LogP contribution in [0.15, 0.2) is 78.5 Å². The molecule has 0 saturated carbocycles. The molecule has 0 saturated heterocycles. The summed E-state index contributed by atoms with van der Waals surface area (Å²) in [6.07, 6.45) is 8.69. The molecule has 2 aliphatic heterocycles. The van der Waals surface area contributed by atoms with Gasteiger partial charge in [0.25, 0.3) is 0 Å². The topological polar surface area (TPSA) is 19.0 Å². The van der Waals surface area contributed by atoms with Gasteiger partial charge in [0.1, 0.15) is 0 Å². The largest absolute Gasteiger partial charge is 0.354 e. The second kappa shape index (κ2) is 7.46. The second-order valence-electron chi connectivity index (χ2n) is 8.82. The predicted molar refractivity (Wildman–Crippen MR) is 131 cm³/mol. The Labute approximate surface area is 184 Å². The minimum absolute atomic E-state index is 0.212. The van der Waals surface area contributed by atoms with Gasteiger partial charge in [0.2, 0.25) is 0 Å². The molecular formula is C29H28N2. The summed E-state index contributed by atoms with van der Waals surface area (Å²) in [5.41, 5.74) is 10.8. The first-order valence-corrected chi connectivity index (χ1v) is 11.7. The number of anilines is 1. The molecule has 2 nitrogen and oxygen atoms in total. The number of para-hydroxylation sites is 2. The Hall–Kier alpha value is -3.26. The molecule has 0 spiro atoms. The zero-order chi connectivity index (χ0) is 20.8. The Bertz CT molecular complexity index is 1290. The number of nitrogens with zero attached hydrogens (tertiary/aromatic N) is 1. The van der Waals surface area contributed by atoms with Crippen molar-refractivity contribution in [1.82, 2.24) is 4.98 Å². The van der Waals surface area contributed by atoms with Crippen molar-refractivity contribution < 1.29 is 0 Å². The van der Waals surface area contributed by atoms with E-state index >= 15 is 0 Å². The number of nitrogens with one attached hydrogen (secondary N) is 1. The summed E-state index contributed by atoms with van der Waals surface area (Å²) in [7, 11) is 0. The summed E-state index contributed by atoms with van der Waals surface area (Å²) < 4.78 is 0. The molecule has 0 aliphatic carbocycles. The number of aromatic amines is 1. The van der Waals surface area contributed by atoms with E-state index in [0.29, 0.717) is 0 Å². The molecule has 1 aromatic heterocycles. The minimum atomic E-state index is 0.212. The quantitative estimate of drug-likeness (QED) is 0.333. The third kappa shape index (κ3) is 2.85. The number of unbranched alkanes of at least 4 members (excludes halogenated alkanes) is 3. The smallest absolute Gasteiger partial charge is 0.0874 e. The molecule has 0 bridgehead atoms. The zero-order valence-electron chi connectivity index (χ0n) is 18.1.